The van der Waals surface area contributed by atoms with E-state index in [2.05, 4.69) is 27.9 Å². The number of carbonyl (C=O) groups is 1. The molecule has 0 saturated carbocycles. The first-order chi connectivity index (χ1) is 12.5. The van der Waals surface area contributed by atoms with Gasteiger partial charge in [0.1, 0.15) is 5.52 Å². The van der Waals surface area contributed by atoms with Crippen LogP contribution in [0.5, 0.6) is 0 Å². The number of H-pyrrole nitrogens is 2. The summed E-state index contributed by atoms with van der Waals surface area (Å²) in [5.74, 6) is 4.98. The maximum Gasteiger partial charge on any atom is 0.337 e. The number of carboxylic acids is 1. The van der Waals surface area contributed by atoms with Crippen molar-refractivity contribution in [1.82, 2.24) is 14.9 Å². The van der Waals surface area contributed by atoms with Gasteiger partial charge in [0.05, 0.1) is 18.2 Å². The van der Waals surface area contributed by atoms with Gasteiger partial charge in [0.2, 0.25) is 0 Å². The largest absolute Gasteiger partial charge is 0.478 e. The van der Waals surface area contributed by atoms with Crippen molar-refractivity contribution in [2.75, 3.05) is 20.1 Å². The molecular formula is C19H16N4O3. The summed E-state index contributed by atoms with van der Waals surface area (Å²) in [6.07, 6.45) is 1.77. The minimum atomic E-state index is -1.10. The summed E-state index contributed by atoms with van der Waals surface area (Å²) in [6, 6.07) is 7.36. The molecule has 0 saturated heterocycles. The van der Waals surface area contributed by atoms with Crippen LogP contribution in [-0.2, 0) is 0 Å². The second kappa shape index (κ2) is 7.14. The van der Waals surface area contributed by atoms with E-state index in [-0.39, 0.29) is 16.6 Å². The Kier molecular flexibility index (Phi) is 4.74. The molecule has 0 aliphatic carbocycles. The molecular weight excluding hydrogens is 332 g/mol. The van der Waals surface area contributed by atoms with Gasteiger partial charge in [-0.25, -0.2) is 4.79 Å². The quantitative estimate of drug-likeness (QED) is 0.623. The van der Waals surface area contributed by atoms with Gasteiger partial charge in [0, 0.05) is 41.0 Å². The Balaban J connectivity index is 2.03. The summed E-state index contributed by atoms with van der Waals surface area (Å²) in [4.78, 5) is 31.0. The molecule has 2 heterocycles. The molecule has 0 fully saturated rings. The molecule has 0 bridgehead atoms. The van der Waals surface area contributed by atoms with Crippen molar-refractivity contribution in [2.24, 2.45) is 0 Å². The summed E-state index contributed by atoms with van der Waals surface area (Å²) in [5.41, 5.74) is 1.20. The van der Waals surface area contributed by atoms with Crippen molar-refractivity contribution >= 4 is 27.8 Å². The fourth-order valence-electron chi connectivity index (χ4n) is 2.77. The third kappa shape index (κ3) is 3.30. The normalized spacial score (nSPS) is 10.7. The highest BCUT2D eigenvalue weighted by Crippen LogP contribution is 2.25. The van der Waals surface area contributed by atoms with Crippen LogP contribution in [0, 0.1) is 23.2 Å². The lowest BCUT2D eigenvalue weighted by molar-refractivity contribution is 0.0699. The van der Waals surface area contributed by atoms with Crippen LogP contribution >= 0.6 is 0 Å². The van der Waals surface area contributed by atoms with Crippen molar-refractivity contribution in [3.05, 3.63) is 45.9 Å². The molecule has 0 amide bonds. The zero-order valence-corrected chi connectivity index (χ0v) is 14.1. The Morgan fingerprint density at radius 3 is 2.92 bits per heavy atom. The smallest absolute Gasteiger partial charge is 0.337 e. The fraction of sp³-hybridized carbons (Fsp3) is 0.211. The van der Waals surface area contributed by atoms with Gasteiger partial charge >= 0.3 is 5.97 Å². The molecule has 3 aromatic rings. The van der Waals surface area contributed by atoms with Gasteiger partial charge in [0.25, 0.3) is 5.56 Å². The number of benzene rings is 1. The van der Waals surface area contributed by atoms with Crippen molar-refractivity contribution in [3.8, 4) is 17.9 Å². The molecule has 7 nitrogen and oxygen atoms in total. The van der Waals surface area contributed by atoms with Gasteiger partial charge in [-0.2, -0.15) is 5.26 Å². The average molecular weight is 348 g/mol. The van der Waals surface area contributed by atoms with Crippen LogP contribution in [0.4, 0.5) is 0 Å². The number of carboxylic acid groups (broad SMARTS) is 1. The Morgan fingerprint density at radius 1 is 1.38 bits per heavy atom. The number of rotatable bonds is 4. The van der Waals surface area contributed by atoms with E-state index in [0.29, 0.717) is 35.8 Å². The molecule has 0 radical (unpaired) electrons. The second-order valence-corrected chi connectivity index (χ2v) is 5.92. The minimum Gasteiger partial charge on any atom is -0.478 e. The lowest BCUT2D eigenvalue weighted by Gasteiger charge is -2.09. The highest BCUT2D eigenvalue weighted by molar-refractivity contribution is 6.14. The van der Waals surface area contributed by atoms with Crippen LogP contribution in [0.25, 0.3) is 21.8 Å². The predicted octanol–water partition coefficient (Wildman–Crippen LogP) is 1.90. The average Bonchev–Trinajstić information content (AvgIpc) is 3.07. The number of aromatic nitrogens is 2. The summed E-state index contributed by atoms with van der Waals surface area (Å²) >= 11 is 0. The zero-order chi connectivity index (χ0) is 18.7. The zero-order valence-electron chi connectivity index (χ0n) is 14.1. The van der Waals surface area contributed by atoms with E-state index in [9.17, 15) is 14.7 Å². The number of pyridine rings is 1. The minimum absolute atomic E-state index is 0.0532. The third-order valence-corrected chi connectivity index (χ3v) is 4.06. The van der Waals surface area contributed by atoms with E-state index in [1.165, 1.54) is 6.20 Å². The molecule has 0 aliphatic heterocycles. The van der Waals surface area contributed by atoms with E-state index in [4.69, 9.17) is 5.26 Å². The molecule has 26 heavy (non-hydrogen) atoms. The Bertz CT molecular complexity index is 1150. The summed E-state index contributed by atoms with van der Waals surface area (Å²) in [7, 11) is 1.89. The van der Waals surface area contributed by atoms with Crippen LogP contribution < -0.4 is 5.56 Å². The maximum atomic E-state index is 12.1. The van der Waals surface area contributed by atoms with Gasteiger partial charge < -0.3 is 15.1 Å². The summed E-state index contributed by atoms with van der Waals surface area (Å²) in [5, 5.41) is 19.0. The van der Waals surface area contributed by atoms with E-state index in [0.717, 1.165) is 5.56 Å². The van der Waals surface area contributed by atoms with Crippen LogP contribution in [-0.4, -0.2) is 46.1 Å². The lowest BCUT2D eigenvalue weighted by atomic mass is 10.1. The maximum absolute atomic E-state index is 12.1. The standard InChI is InChI=1S/C19H16N4O3/c1-23(9-3-7-20)8-2-4-12-5-6-15-13(10-12)16-14(19(25)26)11-21-17(16)18(24)22-15/h5-6,10-11,21H,3,8-9H2,1H3,(H,22,24)(H,25,26). The molecule has 0 unspecified atom stereocenters. The number of aromatic amines is 2. The Morgan fingerprint density at radius 2 is 2.19 bits per heavy atom. The van der Waals surface area contributed by atoms with Gasteiger partial charge in [0.15, 0.2) is 0 Å². The predicted molar refractivity (Wildman–Crippen MR) is 98.0 cm³/mol. The Hall–Kier alpha value is -3.55. The van der Waals surface area contributed by atoms with Gasteiger partial charge in [-0.05, 0) is 25.2 Å². The summed E-state index contributed by atoms with van der Waals surface area (Å²) < 4.78 is 0. The number of nitrogens with zero attached hydrogens (tertiary/aromatic N) is 2. The number of hydrogen-bond donors (Lipinski definition) is 3. The number of nitrogens with one attached hydrogen (secondary N) is 2. The van der Waals surface area contributed by atoms with E-state index in [1.54, 1.807) is 18.2 Å². The third-order valence-electron chi connectivity index (χ3n) is 4.06. The second-order valence-electron chi connectivity index (χ2n) is 5.92. The van der Waals surface area contributed by atoms with Crippen LogP contribution in [0.2, 0.25) is 0 Å². The first kappa shape index (κ1) is 17.3. The highest BCUT2D eigenvalue weighted by Gasteiger charge is 2.16. The first-order valence-corrected chi connectivity index (χ1v) is 7.96. The fourth-order valence-corrected chi connectivity index (χ4v) is 2.77. The first-order valence-electron chi connectivity index (χ1n) is 7.96. The molecule has 2 aromatic heterocycles. The number of hydrogen-bond acceptors (Lipinski definition) is 4. The molecule has 0 spiro atoms. The van der Waals surface area contributed by atoms with Crippen molar-refractivity contribution in [3.63, 3.8) is 0 Å². The molecule has 0 atom stereocenters. The lowest BCUT2D eigenvalue weighted by Crippen LogP contribution is -2.19. The monoisotopic (exact) mass is 348 g/mol. The van der Waals surface area contributed by atoms with Crippen molar-refractivity contribution < 1.29 is 9.90 Å². The molecule has 7 heteroatoms. The topological polar surface area (TPSA) is 113 Å². The van der Waals surface area contributed by atoms with E-state index in [1.807, 2.05) is 11.9 Å². The Labute approximate surface area is 148 Å². The van der Waals surface area contributed by atoms with Crippen LogP contribution in [0.1, 0.15) is 22.3 Å². The molecule has 3 N–H and O–H groups in total. The number of fused-ring (bicyclic) bond motifs is 3. The van der Waals surface area contributed by atoms with Crippen LogP contribution in [0.3, 0.4) is 0 Å². The van der Waals surface area contributed by atoms with Crippen molar-refractivity contribution in [1.29, 1.82) is 5.26 Å². The highest BCUT2D eigenvalue weighted by atomic mass is 16.4. The van der Waals surface area contributed by atoms with E-state index < -0.39 is 5.97 Å². The number of nitriles is 1. The molecule has 3 rings (SSSR count). The van der Waals surface area contributed by atoms with E-state index >= 15 is 0 Å². The van der Waals surface area contributed by atoms with Gasteiger partial charge in [-0.15, -0.1) is 0 Å². The van der Waals surface area contributed by atoms with Gasteiger partial charge in [-0.3, -0.25) is 9.69 Å². The SMILES string of the molecule is CN(CC#Cc1ccc2[nH]c(=O)c3[nH]cc(C(=O)O)c3c2c1)CCC#N. The molecule has 0 aliphatic rings. The molecule has 1 aromatic carbocycles. The molecule has 130 valence electrons. The number of aromatic carboxylic acids is 1. The van der Waals surface area contributed by atoms with Gasteiger partial charge in [-0.1, -0.05) is 11.8 Å². The van der Waals surface area contributed by atoms with Crippen molar-refractivity contribution in [2.45, 2.75) is 6.42 Å². The van der Waals surface area contributed by atoms with Crippen LogP contribution in [0.15, 0.2) is 29.2 Å². The summed E-state index contributed by atoms with van der Waals surface area (Å²) in [6.45, 7) is 1.17.